The van der Waals surface area contributed by atoms with Crippen LogP contribution in [0.15, 0.2) is 17.2 Å². The smallest absolute Gasteiger partial charge is 0.123 e. The third kappa shape index (κ3) is 3.21. The van der Waals surface area contributed by atoms with Gasteiger partial charge >= 0.3 is 0 Å². The second kappa shape index (κ2) is 5.08. The first-order valence-electron chi connectivity index (χ1n) is 3.61. The van der Waals surface area contributed by atoms with E-state index >= 15 is 0 Å². The first-order valence-corrected chi connectivity index (χ1v) is 5.12. The van der Waals surface area contributed by atoms with E-state index in [0.717, 1.165) is 0 Å². The maximum absolute atomic E-state index is 5.87. The SMILES string of the molecule is C/C(Cl)=N/Nc1cc(Cl)c(Cl)cc1Cl. The Balaban J connectivity index is 2.98. The zero-order valence-corrected chi connectivity index (χ0v) is 10.1. The van der Waals surface area contributed by atoms with Gasteiger partial charge in [-0.3, -0.25) is 5.43 Å². The molecule has 0 aliphatic carbocycles. The normalized spacial score (nSPS) is 11.6. The predicted molar refractivity (Wildman–Crippen MR) is 64.1 cm³/mol. The van der Waals surface area contributed by atoms with Crippen LogP contribution in [0.25, 0.3) is 0 Å². The van der Waals surface area contributed by atoms with Crippen LogP contribution in [0.1, 0.15) is 6.92 Å². The molecule has 0 radical (unpaired) electrons. The molecule has 14 heavy (non-hydrogen) atoms. The molecule has 0 saturated carbocycles. The van der Waals surface area contributed by atoms with E-state index < -0.39 is 0 Å². The number of benzene rings is 1. The number of nitrogens with zero attached hydrogens (tertiary/aromatic N) is 1. The third-order valence-electron chi connectivity index (χ3n) is 1.34. The third-order valence-corrected chi connectivity index (χ3v) is 2.46. The largest absolute Gasteiger partial charge is 0.276 e. The maximum Gasteiger partial charge on any atom is 0.123 e. The quantitative estimate of drug-likeness (QED) is 0.473. The van der Waals surface area contributed by atoms with Crippen LogP contribution in [0.4, 0.5) is 5.69 Å². The lowest BCUT2D eigenvalue weighted by Gasteiger charge is -2.05. The number of nitrogens with one attached hydrogen (secondary N) is 1. The minimum absolute atomic E-state index is 0.368. The van der Waals surface area contributed by atoms with Crippen LogP contribution in [-0.4, -0.2) is 5.17 Å². The molecule has 0 atom stereocenters. The summed E-state index contributed by atoms with van der Waals surface area (Å²) in [7, 11) is 0. The van der Waals surface area contributed by atoms with Crippen molar-refractivity contribution < 1.29 is 0 Å². The molecular weight excluding hydrogens is 266 g/mol. The van der Waals surface area contributed by atoms with Gasteiger partial charge < -0.3 is 0 Å². The number of hydrogen-bond donors (Lipinski definition) is 1. The maximum atomic E-state index is 5.87. The minimum Gasteiger partial charge on any atom is -0.276 e. The topological polar surface area (TPSA) is 24.4 Å². The number of rotatable bonds is 2. The van der Waals surface area contributed by atoms with Crippen LogP contribution in [0.3, 0.4) is 0 Å². The van der Waals surface area contributed by atoms with Crippen molar-refractivity contribution in [1.82, 2.24) is 0 Å². The van der Waals surface area contributed by atoms with E-state index in [1.165, 1.54) is 6.07 Å². The van der Waals surface area contributed by atoms with Crippen molar-refractivity contribution in [2.45, 2.75) is 6.92 Å². The van der Waals surface area contributed by atoms with Gasteiger partial charge in [0.2, 0.25) is 0 Å². The first-order chi connectivity index (χ1) is 6.50. The lowest BCUT2D eigenvalue weighted by atomic mass is 10.3. The molecule has 0 aliphatic rings. The van der Waals surface area contributed by atoms with Crippen molar-refractivity contribution >= 4 is 57.3 Å². The van der Waals surface area contributed by atoms with E-state index in [9.17, 15) is 0 Å². The Morgan fingerprint density at radius 3 is 2.29 bits per heavy atom. The van der Waals surface area contributed by atoms with Crippen molar-refractivity contribution in [2.24, 2.45) is 5.10 Å². The van der Waals surface area contributed by atoms with Crippen LogP contribution in [0.2, 0.25) is 15.1 Å². The van der Waals surface area contributed by atoms with Crippen LogP contribution in [0.5, 0.6) is 0 Å². The Bertz CT molecular complexity index is 372. The molecule has 0 fully saturated rings. The van der Waals surface area contributed by atoms with Gasteiger partial charge in [-0.25, -0.2) is 0 Å². The molecule has 1 N–H and O–H groups in total. The summed E-state index contributed by atoms with van der Waals surface area (Å²) in [4.78, 5) is 0. The molecule has 6 heteroatoms. The Morgan fingerprint density at radius 2 is 1.71 bits per heavy atom. The fourth-order valence-electron chi connectivity index (χ4n) is 0.745. The Morgan fingerprint density at radius 1 is 1.14 bits per heavy atom. The molecular formula is C8H6Cl4N2. The molecule has 76 valence electrons. The highest BCUT2D eigenvalue weighted by Gasteiger charge is 2.04. The van der Waals surface area contributed by atoms with Crippen molar-refractivity contribution in [1.29, 1.82) is 0 Å². The molecule has 0 aliphatic heterocycles. The molecule has 1 aromatic rings. The molecule has 1 aromatic carbocycles. The zero-order valence-electron chi connectivity index (χ0n) is 7.11. The Kier molecular flexibility index (Phi) is 4.32. The fraction of sp³-hybridized carbons (Fsp3) is 0.125. The van der Waals surface area contributed by atoms with Crippen LogP contribution in [0, 0.1) is 0 Å². The zero-order chi connectivity index (χ0) is 10.7. The van der Waals surface area contributed by atoms with Crippen LogP contribution < -0.4 is 5.43 Å². The van der Waals surface area contributed by atoms with Gasteiger partial charge in [0.05, 0.1) is 20.8 Å². The van der Waals surface area contributed by atoms with Gasteiger partial charge in [-0.05, 0) is 19.1 Å². The molecule has 0 aromatic heterocycles. The van der Waals surface area contributed by atoms with E-state index in [-0.39, 0.29) is 0 Å². The molecule has 0 saturated heterocycles. The highest BCUT2D eigenvalue weighted by molar-refractivity contribution is 6.64. The average Bonchev–Trinajstić information content (AvgIpc) is 2.09. The van der Waals surface area contributed by atoms with Gasteiger partial charge in [0.15, 0.2) is 0 Å². The number of anilines is 1. The molecule has 1 rings (SSSR count). The molecule has 0 spiro atoms. The number of hydrazone groups is 1. The summed E-state index contributed by atoms with van der Waals surface area (Å²) < 4.78 is 0. The fourth-order valence-corrected chi connectivity index (χ4v) is 1.38. The molecule has 0 unspecified atom stereocenters. The first kappa shape index (κ1) is 11.9. The predicted octanol–water partition coefficient (Wildman–Crippen LogP) is 4.63. The van der Waals surface area contributed by atoms with Gasteiger partial charge in [0.25, 0.3) is 0 Å². The Hall–Kier alpha value is -0.150. The van der Waals surface area contributed by atoms with E-state index in [4.69, 9.17) is 46.4 Å². The standard InChI is InChI=1S/C8H6Cl4N2/c1-4(9)13-14-8-3-6(11)5(10)2-7(8)12/h2-3,14H,1H3/b13-4-. The van der Waals surface area contributed by atoms with Gasteiger partial charge in [0, 0.05) is 0 Å². The summed E-state index contributed by atoms with van der Waals surface area (Å²) in [6, 6.07) is 3.11. The lowest BCUT2D eigenvalue weighted by molar-refractivity contribution is 1.34. The van der Waals surface area contributed by atoms with Crippen LogP contribution >= 0.6 is 46.4 Å². The minimum atomic E-state index is 0.368. The summed E-state index contributed by atoms with van der Waals surface area (Å²) in [5.41, 5.74) is 3.22. The molecule has 0 amide bonds. The van der Waals surface area contributed by atoms with Gasteiger partial charge in [-0.1, -0.05) is 46.4 Å². The second-order valence-electron chi connectivity index (χ2n) is 2.47. The molecule has 2 nitrogen and oxygen atoms in total. The highest BCUT2D eigenvalue weighted by Crippen LogP contribution is 2.32. The van der Waals surface area contributed by atoms with Crippen molar-refractivity contribution in [3.63, 3.8) is 0 Å². The summed E-state index contributed by atoms with van der Waals surface area (Å²) in [6.07, 6.45) is 0. The van der Waals surface area contributed by atoms with Gasteiger partial charge in [0.1, 0.15) is 5.17 Å². The van der Waals surface area contributed by atoms with E-state index in [1.807, 2.05) is 0 Å². The van der Waals surface area contributed by atoms with E-state index in [2.05, 4.69) is 10.5 Å². The van der Waals surface area contributed by atoms with Gasteiger partial charge in [-0.2, -0.15) is 5.10 Å². The number of halogens is 4. The monoisotopic (exact) mass is 270 g/mol. The second-order valence-corrected chi connectivity index (χ2v) is 4.24. The average molecular weight is 272 g/mol. The summed E-state index contributed by atoms with van der Waals surface area (Å²) in [5.74, 6) is 0. The van der Waals surface area contributed by atoms with E-state index in [0.29, 0.717) is 25.9 Å². The summed E-state index contributed by atoms with van der Waals surface area (Å²) in [5, 5.41) is 5.37. The summed E-state index contributed by atoms with van der Waals surface area (Å²) in [6.45, 7) is 1.64. The number of hydrogen-bond acceptors (Lipinski definition) is 2. The van der Waals surface area contributed by atoms with Crippen molar-refractivity contribution in [3.05, 3.63) is 27.2 Å². The lowest BCUT2D eigenvalue weighted by Crippen LogP contribution is -1.92. The van der Waals surface area contributed by atoms with Crippen molar-refractivity contribution in [2.75, 3.05) is 5.43 Å². The van der Waals surface area contributed by atoms with Crippen molar-refractivity contribution in [3.8, 4) is 0 Å². The van der Waals surface area contributed by atoms with Crippen LogP contribution in [-0.2, 0) is 0 Å². The molecule has 0 heterocycles. The summed E-state index contributed by atoms with van der Waals surface area (Å²) >= 11 is 22.9. The highest BCUT2D eigenvalue weighted by atomic mass is 35.5. The van der Waals surface area contributed by atoms with Gasteiger partial charge in [-0.15, -0.1) is 0 Å². The van der Waals surface area contributed by atoms with E-state index in [1.54, 1.807) is 13.0 Å². The molecule has 0 bridgehead atoms. The Labute approximate surface area is 102 Å².